The van der Waals surface area contributed by atoms with E-state index in [4.69, 9.17) is 29.8 Å². The lowest BCUT2D eigenvalue weighted by molar-refractivity contribution is 0.00210. The number of hydrogen-bond donors (Lipinski definition) is 2. The molecule has 2 unspecified atom stereocenters. The van der Waals surface area contributed by atoms with Crippen molar-refractivity contribution < 1.29 is 24.1 Å². The monoisotopic (exact) mass is 637 g/mol. The highest BCUT2D eigenvalue weighted by Gasteiger charge is 2.41. The van der Waals surface area contributed by atoms with Gasteiger partial charge in [-0.1, -0.05) is 18.2 Å². The molecule has 244 valence electrons. The normalized spacial score (nSPS) is 21.9. The second-order valence-electron chi connectivity index (χ2n) is 12.1. The number of benzene rings is 1. The summed E-state index contributed by atoms with van der Waals surface area (Å²) < 4.78 is 23.2. The fraction of sp³-hybridized carbons (Fsp3) is 0.371. The number of rotatable bonds is 12. The minimum Gasteiger partial charge on any atom is -0.489 e. The fourth-order valence-corrected chi connectivity index (χ4v) is 6.65. The summed E-state index contributed by atoms with van der Waals surface area (Å²) in [4.78, 5) is 13.7. The summed E-state index contributed by atoms with van der Waals surface area (Å²) in [5.74, 6) is 2.46. The van der Waals surface area contributed by atoms with Crippen LogP contribution in [0.1, 0.15) is 31.4 Å². The molecule has 12 heteroatoms. The summed E-state index contributed by atoms with van der Waals surface area (Å²) in [6, 6.07) is 18.3. The van der Waals surface area contributed by atoms with Gasteiger partial charge in [-0.2, -0.15) is 0 Å². The van der Waals surface area contributed by atoms with Crippen molar-refractivity contribution >= 4 is 23.3 Å². The molecule has 2 bridgehead atoms. The van der Waals surface area contributed by atoms with E-state index in [1.165, 1.54) is 0 Å². The Kier molecular flexibility index (Phi) is 9.02. The van der Waals surface area contributed by atoms with Crippen molar-refractivity contribution in [2.75, 3.05) is 49.1 Å². The van der Waals surface area contributed by atoms with E-state index in [0.29, 0.717) is 35.2 Å². The molecular weight excluding hydrogens is 598 g/mol. The molecule has 3 aliphatic rings. The molecule has 2 atom stereocenters. The number of methoxy groups -OCH3 is 1. The molecule has 2 aliphatic heterocycles. The Morgan fingerprint density at radius 3 is 2.53 bits per heavy atom. The molecule has 1 saturated carbocycles. The van der Waals surface area contributed by atoms with Crippen molar-refractivity contribution in [3.63, 3.8) is 0 Å². The molecule has 0 amide bonds. The summed E-state index contributed by atoms with van der Waals surface area (Å²) in [5.41, 5.74) is 10.7. The number of aliphatic hydroxyl groups is 1. The van der Waals surface area contributed by atoms with Gasteiger partial charge < -0.3 is 39.6 Å². The number of fused-ring (bicyclic) bond motifs is 2. The summed E-state index contributed by atoms with van der Waals surface area (Å²) in [6.45, 7) is 1.78. The minimum absolute atomic E-state index is 0.0109. The van der Waals surface area contributed by atoms with Crippen LogP contribution in [0.3, 0.4) is 0 Å². The number of nitrogens with two attached hydrogens (primary N) is 1. The summed E-state index contributed by atoms with van der Waals surface area (Å²) in [7, 11) is 1.60. The van der Waals surface area contributed by atoms with Crippen LogP contribution >= 0.6 is 0 Å². The van der Waals surface area contributed by atoms with Crippen LogP contribution < -0.4 is 29.7 Å². The van der Waals surface area contributed by atoms with E-state index in [9.17, 15) is 0 Å². The van der Waals surface area contributed by atoms with E-state index in [1.54, 1.807) is 25.5 Å². The van der Waals surface area contributed by atoms with Gasteiger partial charge in [-0.15, -0.1) is 10.2 Å². The second kappa shape index (κ2) is 13.8. The SMILES string of the molecule is COCOc1ccccc1-c1cc(N2CC3CCC(C2)N3c2ccnc(OC3CC(Oc4ccc(C=CCO)nc4)C3)c2)c(N)nn1. The Morgan fingerprint density at radius 2 is 1.77 bits per heavy atom. The maximum atomic E-state index is 8.93. The Balaban J connectivity index is 0.978. The first-order valence-corrected chi connectivity index (χ1v) is 16.0. The van der Waals surface area contributed by atoms with Crippen LogP contribution in [-0.2, 0) is 4.74 Å². The number of pyridine rings is 2. The first-order valence-electron chi connectivity index (χ1n) is 16.0. The Labute approximate surface area is 273 Å². The molecule has 2 saturated heterocycles. The summed E-state index contributed by atoms with van der Waals surface area (Å²) in [5, 5.41) is 17.7. The molecule has 12 nitrogen and oxygen atoms in total. The van der Waals surface area contributed by atoms with Gasteiger partial charge >= 0.3 is 0 Å². The van der Waals surface area contributed by atoms with E-state index in [0.717, 1.165) is 67.2 Å². The molecule has 3 aromatic heterocycles. The number of para-hydroxylation sites is 1. The lowest BCUT2D eigenvalue weighted by atomic mass is 9.92. The van der Waals surface area contributed by atoms with Crippen LogP contribution in [0.2, 0.25) is 0 Å². The molecule has 5 heterocycles. The minimum atomic E-state index is -0.0109. The number of nitrogens with zero attached hydrogens (tertiary/aromatic N) is 6. The highest BCUT2D eigenvalue weighted by atomic mass is 16.7. The first-order chi connectivity index (χ1) is 23.1. The van der Waals surface area contributed by atoms with Gasteiger partial charge in [-0.25, -0.2) is 4.98 Å². The fourth-order valence-electron chi connectivity index (χ4n) is 6.65. The molecule has 1 aliphatic carbocycles. The van der Waals surface area contributed by atoms with Crippen molar-refractivity contribution in [3.8, 4) is 28.6 Å². The van der Waals surface area contributed by atoms with Crippen molar-refractivity contribution in [3.05, 3.63) is 78.8 Å². The van der Waals surface area contributed by atoms with Crippen LogP contribution in [0.5, 0.6) is 17.4 Å². The van der Waals surface area contributed by atoms with Crippen molar-refractivity contribution in [1.82, 2.24) is 20.2 Å². The third kappa shape index (κ3) is 6.79. The number of hydrogen-bond acceptors (Lipinski definition) is 12. The number of aliphatic hydroxyl groups excluding tert-OH is 1. The van der Waals surface area contributed by atoms with E-state index >= 15 is 0 Å². The van der Waals surface area contributed by atoms with Crippen LogP contribution in [0.25, 0.3) is 17.3 Å². The van der Waals surface area contributed by atoms with Crippen LogP contribution in [-0.4, -0.2) is 83.2 Å². The zero-order valence-corrected chi connectivity index (χ0v) is 26.3. The number of anilines is 3. The zero-order valence-electron chi connectivity index (χ0n) is 26.3. The molecule has 4 aromatic rings. The number of ether oxygens (including phenoxy) is 4. The Morgan fingerprint density at radius 1 is 0.957 bits per heavy atom. The Bertz CT molecular complexity index is 1680. The molecule has 3 N–H and O–H groups in total. The van der Waals surface area contributed by atoms with Gasteiger partial charge in [0.2, 0.25) is 5.88 Å². The number of nitrogen functional groups attached to an aromatic ring is 1. The van der Waals surface area contributed by atoms with Gasteiger partial charge in [0.1, 0.15) is 23.7 Å². The van der Waals surface area contributed by atoms with Crippen molar-refractivity contribution in [1.29, 1.82) is 0 Å². The van der Waals surface area contributed by atoms with Gasteiger partial charge in [-0.3, -0.25) is 4.98 Å². The van der Waals surface area contributed by atoms with Crippen LogP contribution in [0, 0.1) is 0 Å². The second-order valence-corrected chi connectivity index (χ2v) is 12.1. The average molecular weight is 638 g/mol. The van der Waals surface area contributed by atoms with Gasteiger partial charge in [0.15, 0.2) is 12.6 Å². The van der Waals surface area contributed by atoms with Gasteiger partial charge in [0, 0.05) is 68.6 Å². The smallest absolute Gasteiger partial charge is 0.215 e. The molecule has 1 aromatic carbocycles. The predicted octanol–water partition coefficient (Wildman–Crippen LogP) is 4.35. The van der Waals surface area contributed by atoms with E-state index in [2.05, 4.69) is 42.1 Å². The van der Waals surface area contributed by atoms with E-state index in [-0.39, 0.29) is 25.6 Å². The van der Waals surface area contributed by atoms with Gasteiger partial charge in [-0.05, 0) is 55.3 Å². The average Bonchev–Trinajstić information content (AvgIpc) is 3.35. The largest absolute Gasteiger partial charge is 0.489 e. The molecule has 0 radical (unpaired) electrons. The van der Waals surface area contributed by atoms with Gasteiger partial charge in [0.25, 0.3) is 0 Å². The topological polar surface area (TPSA) is 141 Å². The highest BCUT2D eigenvalue weighted by Crippen LogP contribution is 2.40. The first kappa shape index (κ1) is 30.7. The summed E-state index contributed by atoms with van der Waals surface area (Å²) in [6.07, 6.45) is 10.9. The Hall–Kier alpha value is -4.94. The zero-order chi connectivity index (χ0) is 32.2. The number of piperazine rings is 1. The third-order valence-corrected chi connectivity index (χ3v) is 8.93. The lowest BCUT2D eigenvalue weighted by Crippen LogP contribution is -2.54. The van der Waals surface area contributed by atoms with Gasteiger partial charge in [0.05, 0.1) is 29.9 Å². The van der Waals surface area contributed by atoms with E-state index in [1.807, 2.05) is 48.7 Å². The molecule has 47 heavy (non-hydrogen) atoms. The standard InChI is InChI=1S/C35H39N7O5/c1-44-22-45-33-7-3-2-6-30(33)31-18-32(35(36)40-39-31)41-20-25-9-10-26(21-41)42(25)24-12-13-37-34(15-24)47-29-16-28(17-29)46-27-11-8-23(38-19-27)5-4-14-43/h2-8,11-13,15,18-19,25-26,28-29,43H,9-10,14,16-17,20-22H2,1H3,(H2,36,40). The van der Waals surface area contributed by atoms with Crippen LogP contribution in [0.4, 0.5) is 17.2 Å². The quantitative estimate of drug-likeness (QED) is 0.213. The molecule has 3 fully saturated rings. The predicted molar refractivity (Wildman–Crippen MR) is 179 cm³/mol. The number of aromatic nitrogens is 4. The molecule has 7 rings (SSSR count). The molecule has 0 spiro atoms. The maximum Gasteiger partial charge on any atom is 0.215 e. The lowest BCUT2D eigenvalue weighted by Gasteiger charge is -2.43. The molecular formula is C35H39N7O5. The third-order valence-electron chi connectivity index (χ3n) is 8.93. The van der Waals surface area contributed by atoms with E-state index < -0.39 is 0 Å². The summed E-state index contributed by atoms with van der Waals surface area (Å²) >= 11 is 0. The van der Waals surface area contributed by atoms with Crippen LogP contribution in [0.15, 0.2) is 73.1 Å². The maximum absolute atomic E-state index is 8.93. The van der Waals surface area contributed by atoms with Crippen molar-refractivity contribution in [2.45, 2.75) is 50.0 Å². The van der Waals surface area contributed by atoms with Crippen molar-refractivity contribution in [2.24, 2.45) is 0 Å². The highest BCUT2D eigenvalue weighted by molar-refractivity contribution is 5.75.